The molecular formula is C19H21BrN6S. The number of aromatic nitrogens is 4. The number of piperazine rings is 1. The van der Waals surface area contributed by atoms with Gasteiger partial charge in [0.1, 0.15) is 0 Å². The van der Waals surface area contributed by atoms with Crippen molar-refractivity contribution in [1.82, 2.24) is 29.1 Å². The van der Waals surface area contributed by atoms with Crippen molar-refractivity contribution in [2.24, 2.45) is 0 Å². The largest absolute Gasteiger partial charge is 0.304 e. The molecule has 4 rings (SSSR count). The lowest BCUT2D eigenvalue weighted by molar-refractivity contribution is 0.119. The van der Waals surface area contributed by atoms with Crippen molar-refractivity contribution in [3.05, 3.63) is 58.0 Å². The van der Waals surface area contributed by atoms with Crippen LogP contribution in [0.15, 0.2) is 53.3 Å². The van der Waals surface area contributed by atoms with Crippen molar-refractivity contribution < 1.29 is 0 Å². The number of nitrogens with zero attached hydrogens (tertiary/aromatic N) is 6. The average Bonchev–Trinajstić information content (AvgIpc) is 3.01. The summed E-state index contributed by atoms with van der Waals surface area (Å²) in [4.78, 5) is 8.87. The van der Waals surface area contributed by atoms with Gasteiger partial charge in [0, 0.05) is 48.6 Å². The van der Waals surface area contributed by atoms with Crippen molar-refractivity contribution >= 4 is 28.1 Å². The lowest BCUT2D eigenvalue weighted by atomic mass is 10.2. The summed E-state index contributed by atoms with van der Waals surface area (Å²) in [6.45, 7) is 4.88. The topological polar surface area (TPSA) is 42.1 Å². The van der Waals surface area contributed by atoms with E-state index in [4.69, 9.17) is 17.3 Å². The summed E-state index contributed by atoms with van der Waals surface area (Å²) >= 11 is 9.32. The lowest BCUT2D eigenvalue weighted by Gasteiger charge is -2.31. The second-order valence-electron chi connectivity index (χ2n) is 6.72. The molecule has 2 aromatic heterocycles. The van der Waals surface area contributed by atoms with Crippen LogP contribution in [0.3, 0.4) is 0 Å². The van der Waals surface area contributed by atoms with E-state index in [9.17, 15) is 0 Å². The highest BCUT2D eigenvalue weighted by atomic mass is 79.9. The smallest absolute Gasteiger partial charge is 0.204 e. The summed E-state index contributed by atoms with van der Waals surface area (Å²) in [5, 5.41) is 4.87. The van der Waals surface area contributed by atoms with Gasteiger partial charge < -0.3 is 4.90 Å². The third-order valence-electron chi connectivity index (χ3n) is 4.79. The molecular weight excluding hydrogens is 424 g/mol. The number of hydrogen-bond donors (Lipinski definition) is 0. The third kappa shape index (κ3) is 4.03. The Hall–Kier alpha value is -1.87. The van der Waals surface area contributed by atoms with Gasteiger partial charge in [-0.05, 0) is 55.7 Å². The van der Waals surface area contributed by atoms with E-state index in [1.807, 2.05) is 45.6 Å². The molecule has 1 aliphatic rings. The first kappa shape index (κ1) is 18.5. The highest BCUT2D eigenvalue weighted by molar-refractivity contribution is 9.10. The Kier molecular flexibility index (Phi) is 5.49. The van der Waals surface area contributed by atoms with Crippen LogP contribution < -0.4 is 0 Å². The summed E-state index contributed by atoms with van der Waals surface area (Å²) in [6, 6.07) is 12.1. The first-order chi connectivity index (χ1) is 13.1. The maximum atomic E-state index is 5.82. The molecule has 0 radical (unpaired) electrons. The van der Waals surface area contributed by atoms with Gasteiger partial charge in [0.05, 0.1) is 12.4 Å². The third-order valence-corrected chi connectivity index (χ3v) is 5.71. The fourth-order valence-corrected chi connectivity index (χ4v) is 3.74. The van der Waals surface area contributed by atoms with Crippen LogP contribution in [-0.4, -0.2) is 62.4 Å². The molecule has 8 heteroatoms. The van der Waals surface area contributed by atoms with E-state index in [-0.39, 0.29) is 0 Å². The molecule has 0 spiro atoms. The van der Waals surface area contributed by atoms with Crippen molar-refractivity contribution in [3.8, 4) is 17.1 Å². The molecule has 27 heavy (non-hydrogen) atoms. The fourth-order valence-electron chi connectivity index (χ4n) is 3.19. The van der Waals surface area contributed by atoms with Crippen LogP contribution in [0, 0.1) is 4.77 Å². The zero-order chi connectivity index (χ0) is 18.8. The van der Waals surface area contributed by atoms with E-state index < -0.39 is 0 Å². The van der Waals surface area contributed by atoms with Crippen LogP contribution in [0.2, 0.25) is 0 Å². The van der Waals surface area contributed by atoms with Crippen LogP contribution in [0.5, 0.6) is 0 Å². The van der Waals surface area contributed by atoms with Gasteiger partial charge in [0.25, 0.3) is 0 Å². The minimum Gasteiger partial charge on any atom is -0.304 e. The van der Waals surface area contributed by atoms with Gasteiger partial charge in [0.2, 0.25) is 4.77 Å². The average molecular weight is 445 g/mol. The molecule has 6 nitrogen and oxygen atoms in total. The van der Waals surface area contributed by atoms with E-state index >= 15 is 0 Å². The van der Waals surface area contributed by atoms with E-state index in [0.717, 1.165) is 47.7 Å². The van der Waals surface area contributed by atoms with Gasteiger partial charge in [0.15, 0.2) is 5.82 Å². The predicted molar refractivity (Wildman–Crippen MR) is 112 cm³/mol. The van der Waals surface area contributed by atoms with Crippen LogP contribution in [0.1, 0.15) is 0 Å². The number of likely N-dealkylation sites (N-methyl/N-ethyl adjacent to an activating group) is 1. The van der Waals surface area contributed by atoms with Crippen LogP contribution >= 0.6 is 28.1 Å². The van der Waals surface area contributed by atoms with Gasteiger partial charge in [-0.2, -0.15) is 0 Å². The number of rotatable bonds is 4. The second kappa shape index (κ2) is 8.02. The Balaban J connectivity index is 1.75. The van der Waals surface area contributed by atoms with Gasteiger partial charge >= 0.3 is 0 Å². The standard InChI is InChI=1S/C19H21BrN6S/c1-23-10-12-24(13-11-23)14-25-19(27)26(17-4-2-16(20)3-5-17)18(22-25)15-6-8-21-9-7-15/h2-9H,10-14H2,1H3. The maximum Gasteiger partial charge on any atom is 0.204 e. The first-order valence-electron chi connectivity index (χ1n) is 8.89. The van der Waals surface area contributed by atoms with E-state index in [0.29, 0.717) is 11.4 Å². The van der Waals surface area contributed by atoms with Crippen LogP contribution in [-0.2, 0) is 6.67 Å². The maximum absolute atomic E-state index is 5.82. The fraction of sp³-hybridized carbons (Fsp3) is 0.316. The Morgan fingerprint density at radius 2 is 1.67 bits per heavy atom. The Labute approximate surface area is 172 Å². The van der Waals surface area contributed by atoms with Crippen molar-refractivity contribution in [2.45, 2.75) is 6.67 Å². The molecule has 0 N–H and O–H groups in total. The summed E-state index contributed by atoms with van der Waals surface area (Å²) in [6.07, 6.45) is 3.56. The van der Waals surface area contributed by atoms with E-state index in [1.54, 1.807) is 12.4 Å². The number of benzene rings is 1. The molecule has 0 atom stereocenters. The molecule has 3 aromatic rings. The Bertz CT molecular complexity index is 958. The summed E-state index contributed by atoms with van der Waals surface area (Å²) in [5.74, 6) is 0.832. The van der Waals surface area contributed by atoms with E-state index in [1.165, 1.54) is 0 Å². The van der Waals surface area contributed by atoms with E-state index in [2.05, 4.69) is 37.8 Å². The molecule has 3 heterocycles. The lowest BCUT2D eigenvalue weighted by Crippen LogP contribution is -2.45. The SMILES string of the molecule is CN1CCN(Cn2nc(-c3ccncc3)n(-c3ccc(Br)cc3)c2=S)CC1. The molecule has 0 bridgehead atoms. The van der Waals surface area contributed by atoms with Crippen molar-refractivity contribution in [1.29, 1.82) is 0 Å². The minimum atomic E-state index is 0.697. The van der Waals surface area contributed by atoms with Gasteiger partial charge in [-0.15, -0.1) is 5.10 Å². The zero-order valence-corrected chi connectivity index (χ0v) is 17.5. The van der Waals surface area contributed by atoms with Crippen LogP contribution in [0.4, 0.5) is 0 Å². The van der Waals surface area contributed by atoms with Gasteiger partial charge in [-0.25, -0.2) is 4.68 Å². The van der Waals surface area contributed by atoms with Gasteiger partial charge in [-0.3, -0.25) is 14.5 Å². The van der Waals surface area contributed by atoms with Crippen molar-refractivity contribution in [2.75, 3.05) is 33.2 Å². The molecule has 1 aliphatic heterocycles. The highest BCUT2D eigenvalue weighted by Gasteiger charge is 2.18. The minimum absolute atomic E-state index is 0.697. The molecule has 1 saturated heterocycles. The molecule has 0 unspecified atom stereocenters. The number of hydrogen-bond acceptors (Lipinski definition) is 5. The Morgan fingerprint density at radius 1 is 1.00 bits per heavy atom. The predicted octanol–water partition coefficient (Wildman–Crippen LogP) is 3.43. The quantitative estimate of drug-likeness (QED) is 0.576. The van der Waals surface area contributed by atoms with Crippen molar-refractivity contribution in [3.63, 3.8) is 0 Å². The molecule has 0 amide bonds. The number of pyridine rings is 1. The zero-order valence-electron chi connectivity index (χ0n) is 15.1. The molecule has 0 saturated carbocycles. The summed E-state index contributed by atoms with van der Waals surface area (Å²) in [5.41, 5.74) is 2.00. The van der Waals surface area contributed by atoms with Gasteiger partial charge in [-0.1, -0.05) is 15.9 Å². The number of halogens is 1. The molecule has 0 aliphatic carbocycles. The molecule has 1 aromatic carbocycles. The summed E-state index contributed by atoms with van der Waals surface area (Å²) < 4.78 is 5.70. The second-order valence-corrected chi connectivity index (χ2v) is 8.00. The monoisotopic (exact) mass is 444 g/mol. The summed E-state index contributed by atoms with van der Waals surface area (Å²) in [7, 11) is 2.16. The Morgan fingerprint density at radius 3 is 2.33 bits per heavy atom. The molecule has 140 valence electrons. The molecule has 1 fully saturated rings. The normalized spacial score (nSPS) is 15.9. The van der Waals surface area contributed by atoms with Crippen LogP contribution in [0.25, 0.3) is 17.1 Å². The first-order valence-corrected chi connectivity index (χ1v) is 10.1. The highest BCUT2D eigenvalue weighted by Crippen LogP contribution is 2.23.